The van der Waals surface area contributed by atoms with E-state index in [1.54, 1.807) is 6.92 Å². The van der Waals surface area contributed by atoms with Gasteiger partial charge in [0.2, 0.25) is 15.9 Å². The molecule has 1 heterocycles. The molecule has 9 heteroatoms. The van der Waals surface area contributed by atoms with Crippen LogP contribution in [-0.2, 0) is 19.6 Å². The van der Waals surface area contributed by atoms with Crippen LogP contribution < -0.4 is 15.8 Å². The fourth-order valence-electron chi connectivity index (χ4n) is 2.68. The summed E-state index contributed by atoms with van der Waals surface area (Å²) >= 11 is 0. The Labute approximate surface area is 147 Å². The molecular weight excluding hydrogens is 346 g/mol. The molecule has 25 heavy (non-hydrogen) atoms. The summed E-state index contributed by atoms with van der Waals surface area (Å²) in [6.45, 7) is 2.14. The zero-order valence-corrected chi connectivity index (χ0v) is 15.1. The number of primary amides is 1. The molecule has 0 aliphatic carbocycles. The fourth-order valence-corrected chi connectivity index (χ4v) is 4.15. The summed E-state index contributed by atoms with van der Waals surface area (Å²) in [7, 11) is -2.12. The quantitative estimate of drug-likeness (QED) is 0.736. The number of hydrogen-bond donors (Lipinski definition) is 2. The molecule has 0 bridgehead atoms. The summed E-state index contributed by atoms with van der Waals surface area (Å²) in [5, 5.41) is 2.48. The van der Waals surface area contributed by atoms with Crippen molar-refractivity contribution < 1.29 is 22.7 Å². The lowest BCUT2D eigenvalue weighted by Crippen LogP contribution is -2.41. The highest BCUT2D eigenvalue weighted by molar-refractivity contribution is 7.89. The average Bonchev–Trinajstić information content (AvgIpc) is 2.61. The molecule has 1 aliphatic heterocycles. The van der Waals surface area contributed by atoms with Crippen LogP contribution in [0.4, 0.5) is 0 Å². The zero-order valence-electron chi connectivity index (χ0n) is 14.3. The average molecular weight is 369 g/mol. The molecular formula is C16H23N3O5S. The van der Waals surface area contributed by atoms with Gasteiger partial charge in [-0.15, -0.1) is 0 Å². The summed E-state index contributed by atoms with van der Waals surface area (Å²) < 4.78 is 32.1. The van der Waals surface area contributed by atoms with Gasteiger partial charge in [-0.05, 0) is 44.0 Å². The molecule has 1 aromatic rings. The predicted molar refractivity (Wildman–Crippen MR) is 91.3 cm³/mol. The van der Waals surface area contributed by atoms with Crippen molar-refractivity contribution in [1.29, 1.82) is 0 Å². The molecule has 0 unspecified atom stereocenters. The number of nitrogens with zero attached hydrogens (tertiary/aromatic N) is 1. The zero-order chi connectivity index (χ0) is 18.6. The number of sulfonamides is 1. The second-order valence-electron chi connectivity index (χ2n) is 5.93. The summed E-state index contributed by atoms with van der Waals surface area (Å²) in [5.74, 6) is -0.520. The first-order chi connectivity index (χ1) is 11.8. The monoisotopic (exact) mass is 369 g/mol. The Balaban J connectivity index is 2.05. The third kappa shape index (κ3) is 4.49. The van der Waals surface area contributed by atoms with E-state index >= 15 is 0 Å². The van der Waals surface area contributed by atoms with Gasteiger partial charge in [0.25, 0.3) is 5.91 Å². The van der Waals surface area contributed by atoms with Gasteiger partial charge in [0, 0.05) is 26.1 Å². The summed E-state index contributed by atoms with van der Waals surface area (Å²) in [4.78, 5) is 22.8. The minimum absolute atomic E-state index is 0.143. The van der Waals surface area contributed by atoms with E-state index in [0.29, 0.717) is 18.6 Å². The molecule has 8 nitrogen and oxygen atoms in total. The molecule has 1 fully saturated rings. The van der Waals surface area contributed by atoms with Gasteiger partial charge < -0.3 is 15.8 Å². The van der Waals surface area contributed by atoms with Crippen LogP contribution >= 0.6 is 0 Å². The highest BCUT2D eigenvalue weighted by atomic mass is 32.2. The van der Waals surface area contributed by atoms with E-state index in [4.69, 9.17) is 10.5 Å². The van der Waals surface area contributed by atoms with Gasteiger partial charge in [0.15, 0.2) is 6.10 Å². The number of amides is 2. The fraction of sp³-hybridized carbons (Fsp3) is 0.500. The summed E-state index contributed by atoms with van der Waals surface area (Å²) in [6, 6.07) is 5.92. The number of carbonyl (C=O) groups excluding carboxylic acids is 2. The molecule has 0 saturated carbocycles. The molecule has 138 valence electrons. The third-order valence-electron chi connectivity index (χ3n) is 4.25. The second-order valence-corrected chi connectivity index (χ2v) is 7.86. The normalized spacial score (nSPS) is 17.7. The lowest BCUT2D eigenvalue weighted by molar-refractivity contribution is -0.126. The number of rotatable bonds is 6. The van der Waals surface area contributed by atoms with E-state index in [2.05, 4.69) is 5.32 Å². The van der Waals surface area contributed by atoms with Gasteiger partial charge in [-0.3, -0.25) is 9.59 Å². The molecule has 3 N–H and O–H groups in total. The lowest BCUT2D eigenvalue weighted by Gasteiger charge is -2.29. The Morgan fingerprint density at radius 3 is 2.28 bits per heavy atom. The van der Waals surface area contributed by atoms with Crippen molar-refractivity contribution in [2.75, 3.05) is 20.1 Å². The number of benzene rings is 1. The maximum atomic E-state index is 12.7. The van der Waals surface area contributed by atoms with Crippen molar-refractivity contribution in [3.8, 4) is 5.75 Å². The van der Waals surface area contributed by atoms with Crippen LogP contribution in [-0.4, -0.2) is 50.8 Å². The Morgan fingerprint density at radius 1 is 1.24 bits per heavy atom. The van der Waals surface area contributed by atoms with Gasteiger partial charge in [-0.1, -0.05) is 0 Å². The molecule has 2 rings (SSSR count). The number of nitrogens with one attached hydrogen (secondary N) is 1. The third-order valence-corrected chi connectivity index (χ3v) is 6.16. The first-order valence-corrected chi connectivity index (χ1v) is 9.47. The van der Waals surface area contributed by atoms with Crippen molar-refractivity contribution in [3.63, 3.8) is 0 Å². The minimum Gasteiger partial charge on any atom is -0.481 e. The Morgan fingerprint density at radius 2 is 1.80 bits per heavy atom. The second kappa shape index (κ2) is 7.83. The number of piperidine rings is 1. The van der Waals surface area contributed by atoms with Gasteiger partial charge in [-0.25, -0.2) is 8.42 Å². The number of nitrogens with two attached hydrogens (primary N) is 1. The molecule has 1 aliphatic rings. The van der Waals surface area contributed by atoms with Crippen LogP contribution in [0.25, 0.3) is 0 Å². The van der Waals surface area contributed by atoms with E-state index in [9.17, 15) is 18.0 Å². The molecule has 2 amide bonds. The van der Waals surface area contributed by atoms with Crippen molar-refractivity contribution in [3.05, 3.63) is 24.3 Å². The Bertz CT molecular complexity index is 725. The van der Waals surface area contributed by atoms with Gasteiger partial charge in [-0.2, -0.15) is 4.31 Å². The van der Waals surface area contributed by atoms with Crippen LogP contribution in [0.2, 0.25) is 0 Å². The van der Waals surface area contributed by atoms with Gasteiger partial charge in [0.1, 0.15) is 5.75 Å². The van der Waals surface area contributed by atoms with Crippen molar-refractivity contribution in [2.45, 2.75) is 30.8 Å². The lowest BCUT2D eigenvalue weighted by atomic mass is 9.98. The smallest absolute Gasteiger partial charge is 0.260 e. The molecule has 0 radical (unpaired) electrons. The van der Waals surface area contributed by atoms with Crippen molar-refractivity contribution in [2.24, 2.45) is 11.7 Å². The van der Waals surface area contributed by atoms with Crippen LogP contribution in [0, 0.1) is 5.92 Å². The van der Waals surface area contributed by atoms with Gasteiger partial charge >= 0.3 is 0 Å². The minimum atomic E-state index is -3.63. The molecule has 0 spiro atoms. The van der Waals surface area contributed by atoms with Gasteiger partial charge in [0.05, 0.1) is 4.90 Å². The highest BCUT2D eigenvalue weighted by Gasteiger charge is 2.31. The van der Waals surface area contributed by atoms with Crippen molar-refractivity contribution >= 4 is 21.8 Å². The molecule has 1 aromatic carbocycles. The summed E-state index contributed by atoms with van der Waals surface area (Å²) in [5.41, 5.74) is 5.27. The summed E-state index contributed by atoms with van der Waals surface area (Å²) in [6.07, 6.45) is 0.180. The largest absolute Gasteiger partial charge is 0.481 e. The van der Waals surface area contributed by atoms with Crippen LogP contribution in [0.5, 0.6) is 5.75 Å². The SMILES string of the molecule is CNC(=O)[C@@H](C)Oc1ccc(S(=O)(=O)N2CCC(C(N)=O)CC2)cc1. The number of carbonyl (C=O) groups is 2. The number of ether oxygens (including phenoxy) is 1. The topological polar surface area (TPSA) is 119 Å². The molecule has 1 saturated heterocycles. The molecule has 0 aromatic heterocycles. The Hall–Kier alpha value is -2.13. The number of hydrogen-bond acceptors (Lipinski definition) is 5. The van der Waals surface area contributed by atoms with E-state index in [0.717, 1.165) is 0 Å². The Kier molecular flexibility index (Phi) is 6.02. The van der Waals surface area contributed by atoms with Crippen molar-refractivity contribution in [1.82, 2.24) is 9.62 Å². The standard InChI is InChI=1S/C16H23N3O5S/c1-11(16(21)18-2)24-13-3-5-14(6-4-13)25(22,23)19-9-7-12(8-10-19)15(17)20/h3-6,11-12H,7-10H2,1-2H3,(H2,17,20)(H,18,21)/t11-/m1/s1. The van der Waals surface area contributed by atoms with E-state index in [1.165, 1.54) is 35.6 Å². The number of likely N-dealkylation sites (N-methyl/N-ethyl adjacent to an activating group) is 1. The maximum Gasteiger partial charge on any atom is 0.260 e. The van der Waals surface area contributed by atoms with E-state index in [1.807, 2.05) is 0 Å². The highest BCUT2D eigenvalue weighted by Crippen LogP contribution is 2.25. The predicted octanol–water partition coefficient (Wildman–Crippen LogP) is 0.0859. The van der Waals surface area contributed by atoms with E-state index < -0.39 is 16.1 Å². The van der Waals surface area contributed by atoms with E-state index in [-0.39, 0.29) is 35.7 Å². The van der Waals surface area contributed by atoms with Crippen LogP contribution in [0.1, 0.15) is 19.8 Å². The van der Waals surface area contributed by atoms with Crippen LogP contribution in [0.15, 0.2) is 29.2 Å². The molecule has 1 atom stereocenters. The van der Waals surface area contributed by atoms with Crippen LogP contribution in [0.3, 0.4) is 0 Å². The maximum absolute atomic E-state index is 12.7. The first kappa shape index (κ1) is 19.2. The first-order valence-electron chi connectivity index (χ1n) is 8.03.